The molecule has 3 aromatic rings. The number of fused-ring (bicyclic) bond motifs is 1. The predicted octanol–water partition coefficient (Wildman–Crippen LogP) is 3.69. The normalized spacial score (nSPS) is 14.4. The van der Waals surface area contributed by atoms with Gasteiger partial charge in [-0.05, 0) is 81.2 Å². The number of nitrogens with zero attached hydrogens (tertiary/aromatic N) is 2. The van der Waals surface area contributed by atoms with Gasteiger partial charge in [0, 0.05) is 12.1 Å². The summed E-state index contributed by atoms with van der Waals surface area (Å²) in [6, 6.07) is 9.37. The van der Waals surface area contributed by atoms with Gasteiger partial charge in [0.25, 0.3) is 5.56 Å². The first kappa shape index (κ1) is 19.5. The molecule has 1 aliphatic heterocycles. The highest BCUT2D eigenvalue weighted by molar-refractivity contribution is 5.81. The Kier molecular flexibility index (Phi) is 5.53. The number of aryl methyl sites for hydroxylation is 2. The number of ether oxygens (including phenoxy) is 2. The summed E-state index contributed by atoms with van der Waals surface area (Å²) in [7, 11) is 1.58. The van der Waals surface area contributed by atoms with E-state index in [1.54, 1.807) is 13.2 Å². The average molecular weight is 393 g/mol. The zero-order chi connectivity index (χ0) is 20.4. The topological polar surface area (TPSA) is 67.5 Å². The fourth-order valence-corrected chi connectivity index (χ4v) is 3.98. The third kappa shape index (κ3) is 4.12. The molecule has 1 fully saturated rings. The summed E-state index contributed by atoms with van der Waals surface area (Å²) in [4.78, 5) is 22.6. The largest absolute Gasteiger partial charge is 0.497 e. The Balaban J connectivity index is 1.59. The molecule has 0 spiro atoms. The van der Waals surface area contributed by atoms with Gasteiger partial charge < -0.3 is 14.5 Å². The van der Waals surface area contributed by atoms with E-state index < -0.39 is 0 Å². The van der Waals surface area contributed by atoms with Crippen LogP contribution in [0.2, 0.25) is 0 Å². The first-order chi connectivity index (χ1) is 14.0. The number of benzene rings is 2. The quantitative estimate of drug-likeness (QED) is 0.692. The third-order valence-corrected chi connectivity index (χ3v) is 5.50. The monoisotopic (exact) mass is 393 g/mol. The summed E-state index contributed by atoms with van der Waals surface area (Å²) >= 11 is 0. The third-order valence-electron chi connectivity index (χ3n) is 5.50. The number of likely N-dealkylation sites (tertiary alicyclic amines) is 1. The molecule has 152 valence electrons. The molecule has 0 atom stereocenters. The first-order valence-corrected chi connectivity index (χ1v) is 10.1. The van der Waals surface area contributed by atoms with Crippen molar-refractivity contribution in [1.82, 2.24) is 14.9 Å². The highest BCUT2D eigenvalue weighted by atomic mass is 16.5. The van der Waals surface area contributed by atoms with Crippen LogP contribution in [-0.4, -0.2) is 48.2 Å². The van der Waals surface area contributed by atoms with E-state index in [-0.39, 0.29) is 5.56 Å². The van der Waals surface area contributed by atoms with Crippen molar-refractivity contribution in [3.05, 3.63) is 51.8 Å². The van der Waals surface area contributed by atoms with Gasteiger partial charge in [-0.15, -0.1) is 0 Å². The Labute approximate surface area is 170 Å². The fraction of sp³-hybridized carbons (Fsp3) is 0.391. The summed E-state index contributed by atoms with van der Waals surface area (Å²) in [6.07, 6.45) is 2.58. The molecule has 2 heterocycles. The van der Waals surface area contributed by atoms with E-state index in [1.807, 2.05) is 38.1 Å². The first-order valence-electron chi connectivity index (χ1n) is 10.1. The van der Waals surface area contributed by atoms with E-state index in [1.165, 1.54) is 25.9 Å². The Morgan fingerprint density at radius 1 is 1.10 bits per heavy atom. The summed E-state index contributed by atoms with van der Waals surface area (Å²) < 4.78 is 11.3. The van der Waals surface area contributed by atoms with E-state index in [0.717, 1.165) is 29.0 Å². The van der Waals surface area contributed by atoms with Crippen molar-refractivity contribution < 1.29 is 9.47 Å². The lowest BCUT2D eigenvalue weighted by Crippen LogP contribution is -2.25. The lowest BCUT2D eigenvalue weighted by molar-refractivity contribution is 0.236. The van der Waals surface area contributed by atoms with Gasteiger partial charge in [0.05, 0.1) is 18.0 Å². The number of aromatic nitrogens is 2. The number of aromatic amines is 1. The average Bonchev–Trinajstić information content (AvgIpc) is 3.23. The Bertz CT molecular complexity index is 1060. The highest BCUT2D eigenvalue weighted by Gasteiger charge is 2.14. The second kappa shape index (κ2) is 8.25. The van der Waals surface area contributed by atoms with Crippen LogP contribution in [0.15, 0.2) is 35.1 Å². The van der Waals surface area contributed by atoms with Gasteiger partial charge in [-0.25, -0.2) is 4.98 Å². The molecule has 1 aliphatic rings. The van der Waals surface area contributed by atoms with Crippen LogP contribution in [0.5, 0.6) is 11.5 Å². The van der Waals surface area contributed by atoms with Gasteiger partial charge in [-0.3, -0.25) is 9.69 Å². The molecule has 6 heteroatoms. The van der Waals surface area contributed by atoms with Crippen LogP contribution in [0.4, 0.5) is 0 Å². The second-order valence-electron chi connectivity index (χ2n) is 7.63. The Hall–Kier alpha value is -2.86. The number of H-pyrrole nitrogens is 1. The van der Waals surface area contributed by atoms with Crippen molar-refractivity contribution in [2.45, 2.75) is 26.7 Å². The minimum absolute atomic E-state index is 0.176. The van der Waals surface area contributed by atoms with E-state index in [2.05, 4.69) is 14.9 Å². The minimum Gasteiger partial charge on any atom is -0.497 e. The molecule has 0 radical (unpaired) electrons. The summed E-state index contributed by atoms with van der Waals surface area (Å²) in [5.74, 6) is 2.11. The van der Waals surface area contributed by atoms with Gasteiger partial charge in [0.15, 0.2) is 0 Å². The summed E-state index contributed by atoms with van der Waals surface area (Å²) in [6.45, 7) is 8.06. The number of rotatable bonds is 6. The van der Waals surface area contributed by atoms with E-state index in [0.29, 0.717) is 29.1 Å². The molecule has 0 saturated carbocycles. The predicted molar refractivity (Wildman–Crippen MR) is 115 cm³/mol. The van der Waals surface area contributed by atoms with Crippen LogP contribution in [0.3, 0.4) is 0 Å². The second-order valence-corrected chi connectivity index (χ2v) is 7.63. The van der Waals surface area contributed by atoms with Gasteiger partial charge in [0.1, 0.15) is 23.9 Å². The molecule has 0 aliphatic carbocycles. The van der Waals surface area contributed by atoms with E-state index >= 15 is 0 Å². The molecule has 2 aromatic carbocycles. The molecular formula is C23H27N3O3. The van der Waals surface area contributed by atoms with Gasteiger partial charge in [-0.1, -0.05) is 0 Å². The van der Waals surface area contributed by atoms with Crippen LogP contribution in [0.25, 0.3) is 22.3 Å². The smallest absolute Gasteiger partial charge is 0.259 e. The highest BCUT2D eigenvalue weighted by Crippen LogP contribution is 2.29. The maximum absolute atomic E-state index is 12.6. The van der Waals surface area contributed by atoms with E-state index in [4.69, 9.17) is 9.47 Å². The Morgan fingerprint density at radius 2 is 1.83 bits per heavy atom. The molecular weight excluding hydrogens is 366 g/mol. The molecule has 1 saturated heterocycles. The molecule has 0 amide bonds. The molecule has 1 aromatic heterocycles. The van der Waals surface area contributed by atoms with Crippen molar-refractivity contribution in [1.29, 1.82) is 0 Å². The molecule has 0 unspecified atom stereocenters. The number of hydrogen-bond acceptors (Lipinski definition) is 5. The van der Waals surface area contributed by atoms with Gasteiger partial charge in [-0.2, -0.15) is 0 Å². The van der Waals surface area contributed by atoms with Crippen LogP contribution >= 0.6 is 0 Å². The fourth-order valence-electron chi connectivity index (χ4n) is 3.98. The van der Waals surface area contributed by atoms with Crippen LogP contribution in [-0.2, 0) is 0 Å². The minimum atomic E-state index is -0.176. The lowest BCUT2D eigenvalue weighted by atomic mass is 10.0. The summed E-state index contributed by atoms with van der Waals surface area (Å²) in [5.41, 5.74) is 3.43. The van der Waals surface area contributed by atoms with E-state index in [9.17, 15) is 4.79 Å². The van der Waals surface area contributed by atoms with Gasteiger partial charge >= 0.3 is 0 Å². The van der Waals surface area contributed by atoms with Gasteiger partial charge in [0.2, 0.25) is 0 Å². The Morgan fingerprint density at radius 3 is 2.52 bits per heavy atom. The number of methoxy groups -OCH3 is 1. The maximum atomic E-state index is 12.6. The molecule has 0 bridgehead atoms. The SMILES string of the molecule is COc1ccc2nc(-c3cc(C)c(OCCN4CCCC4)c(C)c3)[nH]c(=O)c2c1. The van der Waals surface area contributed by atoms with Crippen molar-refractivity contribution in [2.75, 3.05) is 33.4 Å². The van der Waals surface area contributed by atoms with Crippen molar-refractivity contribution >= 4 is 10.9 Å². The van der Waals surface area contributed by atoms with Crippen molar-refractivity contribution in [3.63, 3.8) is 0 Å². The van der Waals surface area contributed by atoms with Crippen molar-refractivity contribution in [3.8, 4) is 22.9 Å². The zero-order valence-corrected chi connectivity index (χ0v) is 17.2. The molecule has 6 nitrogen and oxygen atoms in total. The van der Waals surface area contributed by atoms with Crippen LogP contribution < -0.4 is 15.0 Å². The maximum Gasteiger partial charge on any atom is 0.259 e. The summed E-state index contributed by atoms with van der Waals surface area (Å²) in [5, 5.41) is 0.517. The zero-order valence-electron chi connectivity index (χ0n) is 17.2. The standard InChI is InChI=1S/C23H27N3O3/c1-15-12-17(13-16(2)21(15)29-11-10-26-8-4-5-9-26)22-24-20-7-6-18(28-3)14-19(20)23(27)25-22/h6-7,12-14H,4-5,8-11H2,1-3H3,(H,24,25,27). The lowest BCUT2D eigenvalue weighted by Gasteiger charge is -2.18. The molecule has 4 rings (SSSR count). The molecule has 1 N–H and O–H groups in total. The molecule has 29 heavy (non-hydrogen) atoms. The number of hydrogen-bond donors (Lipinski definition) is 1. The number of nitrogens with one attached hydrogen (secondary N) is 1. The van der Waals surface area contributed by atoms with Crippen LogP contribution in [0.1, 0.15) is 24.0 Å². The van der Waals surface area contributed by atoms with Crippen LogP contribution in [0, 0.1) is 13.8 Å². The van der Waals surface area contributed by atoms with Crippen molar-refractivity contribution in [2.24, 2.45) is 0 Å².